The maximum Gasteiger partial charge on any atom is 0.410 e. The lowest BCUT2D eigenvalue weighted by atomic mass is 10.1. The second kappa shape index (κ2) is 7.09. The largest absolute Gasteiger partial charge is 0.444 e. The fraction of sp³-hybridized carbons (Fsp3) is 0.562. The summed E-state index contributed by atoms with van der Waals surface area (Å²) in [6.07, 6.45) is 2.43. The van der Waals surface area contributed by atoms with Gasteiger partial charge in [-0.2, -0.15) is 5.26 Å². The first-order valence-electron chi connectivity index (χ1n) is 7.55. The molecular formula is C16H21N3O3S. The SMILES string of the molecule is CC(C)(C)OC(=O)N1CCC(S(=O)c2cc(C#N)ccn2)CC1. The monoisotopic (exact) mass is 335 g/mol. The minimum absolute atomic E-state index is 0.0601. The molecule has 0 aromatic carbocycles. The summed E-state index contributed by atoms with van der Waals surface area (Å²) < 4.78 is 17.9. The van der Waals surface area contributed by atoms with Crippen molar-refractivity contribution in [2.45, 2.75) is 49.5 Å². The van der Waals surface area contributed by atoms with E-state index in [1.807, 2.05) is 26.8 Å². The van der Waals surface area contributed by atoms with E-state index in [1.54, 1.807) is 17.0 Å². The Kier molecular flexibility index (Phi) is 5.37. The maximum atomic E-state index is 12.6. The second-order valence-electron chi connectivity index (χ2n) is 6.46. The van der Waals surface area contributed by atoms with E-state index in [4.69, 9.17) is 10.00 Å². The minimum Gasteiger partial charge on any atom is -0.444 e. The summed E-state index contributed by atoms with van der Waals surface area (Å²) in [5.74, 6) is 0. The molecule has 2 rings (SSSR count). The number of pyridine rings is 1. The summed E-state index contributed by atoms with van der Waals surface area (Å²) in [6.45, 7) is 6.54. The van der Waals surface area contributed by atoms with Crippen LogP contribution in [0, 0.1) is 11.3 Å². The molecule has 0 N–H and O–H groups in total. The number of nitrogens with zero attached hydrogens (tertiary/aromatic N) is 3. The molecule has 0 spiro atoms. The highest BCUT2D eigenvalue weighted by molar-refractivity contribution is 7.85. The molecule has 7 heteroatoms. The van der Waals surface area contributed by atoms with Gasteiger partial charge < -0.3 is 9.64 Å². The summed E-state index contributed by atoms with van der Waals surface area (Å²) in [6, 6.07) is 5.18. The van der Waals surface area contributed by atoms with Crippen molar-refractivity contribution >= 4 is 16.9 Å². The number of nitriles is 1. The Balaban J connectivity index is 1.95. The smallest absolute Gasteiger partial charge is 0.410 e. The van der Waals surface area contributed by atoms with Gasteiger partial charge in [-0.3, -0.25) is 4.21 Å². The average Bonchev–Trinajstić information content (AvgIpc) is 2.53. The molecule has 0 aliphatic carbocycles. The van der Waals surface area contributed by atoms with Gasteiger partial charge in [-0.25, -0.2) is 9.78 Å². The van der Waals surface area contributed by atoms with Gasteiger partial charge in [0.1, 0.15) is 10.6 Å². The summed E-state index contributed by atoms with van der Waals surface area (Å²) in [7, 11) is -1.27. The summed E-state index contributed by atoms with van der Waals surface area (Å²) in [4.78, 5) is 17.8. The Labute approximate surface area is 138 Å². The third kappa shape index (κ3) is 4.76. The third-order valence-electron chi connectivity index (χ3n) is 3.47. The molecule has 1 aliphatic rings. The zero-order chi connectivity index (χ0) is 17.0. The van der Waals surface area contributed by atoms with Crippen LogP contribution in [0.25, 0.3) is 0 Å². The molecule has 2 heterocycles. The molecule has 6 nitrogen and oxygen atoms in total. The minimum atomic E-state index is -1.27. The van der Waals surface area contributed by atoms with E-state index in [0.29, 0.717) is 36.5 Å². The number of ether oxygens (including phenoxy) is 1. The standard InChI is InChI=1S/C16H21N3O3S/c1-16(2,3)22-15(20)19-8-5-13(6-9-19)23(21)14-10-12(11-17)4-7-18-14/h4,7,10,13H,5-6,8-9H2,1-3H3. The van der Waals surface area contributed by atoms with Crippen LogP contribution in [0.2, 0.25) is 0 Å². The van der Waals surface area contributed by atoms with Gasteiger partial charge in [-0.05, 0) is 45.7 Å². The van der Waals surface area contributed by atoms with Crippen LogP contribution in [0.1, 0.15) is 39.2 Å². The molecule has 0 radical (unpaired) electrons. The van der Waals surface area contributed by atoms with Crippen molar-refractivity contribution in [3.8, 4) is 6.07 Å². The van der Waals surface area contributed by atoms with Crippen LogP contribution in [0.3, 0.4) is 0 Å². The molecule has 124 valence electrons. The van der Waals surface area contributed by atoms with Gasteiger partial charge in [0.15, 0.2) is 0 Å². The first-order valence-corrected chi connectivity index (χ1v) is 8.76. The van der Waals surface area contributed by atoms with Gasteiger partial charge in [-0.1, -0.05) is 0 Å². The quantitative estimate of drug-likeness (QED) is 0.829. The molecule has 1 unspecified atom stereocenters. The van der Waals surface area contributed by atoms with E-state index >= 15 is 0 Å². The number of likely N-dealkylation sites (tertiary alicyclic amines) is 1. The van der Waals surface area contributed by atoms with Crippen molar-refractivity contribution in [2.24, 2.45) is 0 Å². The number of piperidine rings is 1. The highest BCUT2D eigenvalue weighted by Crippen LogP contribution is 2.22. The Morgan fingerprint density at radius 3 is 2.65 bits per heavy atom. The second-order valence-corrected chi connectivity index (χ2v) is 8.14. The van der Waals surface area contributed by atoms with E-state index in [2.05, 4.69) is 4.98 Å². The number of amides is 1. The number of rotatable bonds is 2. The maximum absolute atomic E-state index is 12.6. The number of carbonyl (C=O) groups excluding carboxylic acids is 1. The van der Waals surface area contributed by atoms with Crippen LogP contribution in [0.5, 0.6) is 0 Å². The number of hydrogen-bond donors (Lipinski definition) is 0. The number of aromatic nitrogens is 1. The van der Waals surface area contributed by atoms with Crippen LogP contribution in [-0.4, -0.2) is 44.1 Å². The van der Waals surface area contributed by atoms with Crippen molar-refractivity contribution in [1.29, 1.82) is 5.26 Å². The van der Waals surface area contributed by atoms with Gasteiger partial charge in [0.25, 0.3) is 0 Å². The number of hydrogen-bond acceptors (Lipinski definition) is 5. The zero-order valence-electron chi connectivity index (χ0n) is 13.6. The van der Waals surface area contributed by atoms with Crippen LogP contribution < -0.4 is 0 Å². The Morgan fingerprint density at radius 2 is 2.09 bits per heavy atom. The van der Waals surface area contributed by atoms with Crippen LogP contribution in [0.15, 0.2) is 23.4 Å². The lowest BCUT2D eigenvalue weighted by Gasteiger charge is -2.32. The van der Waals surface area contributed by atoms with E-state index in [0.717, 1.165) is 0 Å². The molecular weight excluding hydrogens is 314 g/mol. The molecule has 23 heavy (non-hydrogen) atoms. The van der Waals surface area contributed by atoms with E-state index < -0.39 is 16.4 Å². The first-order chi connectivity index (χ1) is 10.8. The van der Waals surface area contributed by atoms with Crippen LogP contribution in [0.4, 0.5) is 4.79 Å². The number of carbonyl (C=O) groups is 1. The van der Waals surface area contributed by atoms with Crippen molar-refractivity contribution < 1.29 is 13.7 Å². The van der Waals surface area contributed by atoms with Gasteiger partial charge in [0.05, 0.1) is 22.4 Å². The molecule has 0 saturated carbocycles. The molecule has 1 aliphatic heterocycles. The fourth-order valence-electron chi connectivity index (χ4n) is 2.34. The third-order valence-corrected chi connectivity index (χ3v) is 5.18. The Bertz CT molecular complexity index is 641. The molecule has 1 aromatic rings. The zero-order valence-corrected chi connectivity index (χ0v) is 14.4. The van der Waals surface area contributed by atoms with Gasteiger partial charge in [0.2, 0.25) is 0 Å². The highest BCUT2D eigenvalue weighted by atomic mass is 32.2. The molecule has 1 saturated heterocycles. The summed E-state index contributed by atoms with van der Waals surface area (Å²) in [5, 5.41) is 9.28. The van der Waals surface area contributed by atoms with Crippen LogP contribution >= 0.6 is 0 Å². The summed E-state index contributed by atoms with van der Waals surface area (Å²) >= 11 is 0. The summed E-state index contributed by atoms with van der Waals surface area (Å²) in [5.41, 5.74) is -0.0622. The molecule has 1 amide bonds. The predicted octanol–water partition coefficient (Wildman–Crippen LogP) is 2.46. The van der Waals surface area contributed by atoms with E-state index in [1.165, 1.54) is 6.20 Å². The van der Waals surface area contributed by atoms with Gasteiger partial charge >= 0.3 is 6.09 Å². The molecule has 0 bridgehead atoms. The lowest BCUT2D eigenvalue weighted by Crippen LogP contribution is -2.43. The van der Waals surface area contributed by atoms with E-state index in [-0.39, 0.29) is 11.3 Å². The van der Waals surface area contributed by atoms with Crippen molar-refractivity contribution in [1.82, 2.24) is 9.88 Å². The topological polar surface area (TPSA) is 83.3 Å². The van der Waals surface area contributed by atoms with Crippen molar-refractivity contribution in [3.05, 3.63) is 23.9 Å². The van der Waals surface area contributed by atoms with E-state index in [9.17, 15) is 9.00 Å². The van der Waals surface area contributed by atoms with Crippen molar-refractivity contribution in [3.63, 3.8) is 0 Å². The molecule has 1 fully saturated rings. The van der Waals surface area contributed by atoms with Gasteiger partial charge in [0, 0.05) is 24.5 Å². The lowest BCUT2D eigenvalue weighted by molar-refractivity contribution is 0.0218. The van der Waals surface area contributed by atoms with Crippen molar-refractivity contribution in [2.75, 3.05) is 13.1 Å². The highest BCUT2D eigenvalue weighted by Gasteiger charge is 2.30. The molecule has 1 aromatic heterocycles. The fourth-order valence-corrected chi connectivity index (χ4v) is 3.73. The predicted molar refractivity (Wildman–Crippen MR) is 86.2 cm³/mol. The van der Waals surface area contributed by atoms with Gasteiger partial charge in [-0.15, -0.1) is 0 Å². The first kappa shape index (κ1) is 17.4. The molecule has 1 atom stereocenters. The average molecular weight is 335 g/mol. The Hall–Kier alpha value is -1.94. The van der Waals surface area contributed by atoms with Crippen LogP contribution in [-0.2, 0) is 15.5 Å². The Morgan fingerprint density at radius 1 is 1.43 bits per heavy atom. The normalized spacial score (nSPS) is 17.4.